The Morgan fingerprint density at radius 2 is 1.94 bits per heavy atom. The number of hydrogen-bond acceptors (Lipinski definition) is 9. The largest absolute Gasteiger partial charge is 0.480 e. The van der Waals surface area contributed by atoms with Crippen molar-refractivity contribution in [1.82, 2.24) is 14.9 Å². The van der Waals surface area contributed by atoms with Crippen LogP contribution in [0.4, 0.5) is 0 Å². The van der Waals surface area contributed by atoms with Gasteiger partial charge in [0.2, 0.25) is 6.79 Å². The maximum absolute atomic E-state index is 13.5. The Morgan fingerprint density at radius 1 is 1.19 bits per heavy atom. The molecule has 3 aliphatic heterocycles. The number of aliphatic hydroxyl groups is 1. The number of benzene rings is 1. The van der Waals surface area contributed by atoms with Crippen molar-refractivity contribution in [3.63, 3.8) is 0 Å². The maximum atomic E-state index is 13.5. The Hall–Kier alpha value is -3.96. The number of aromatic nitrogens is 2. The SMILES string of the molecule is CC[C@@]1(O)C(=O)OCc2c1cc1n(c2=O)Cc2c-1nc1cc3c(cc1c2CNC(C)C(=O)O)OCO3. The number of carboxylic acid groups (broad SMARTS) is 1. The Kier molecular flexibility index (Phi) is 4.86. The second kappa shape index (κ2) is 7.77. The summed E-state index contributed by atoms with van der Waals surface area (Å²) in [6.45, 7) is 3.48. The van der Waals surface area contributed by atoms with Gasteiger partial charge in [0, 0.05) is 29.1 Å². The molecule has 1 unspecified atom stereocenters. The van der Waals surface area contributed by atoms with Gasteiger partial charge in [-0.1, -0.05) is 6.92 Å². The Morgan fingerprint density at radius 3 is 2.67 bits per heavy atom. The molecule has 6 rings (SSSR count). The number of cyclic esters (lactones) is 1. The molecule has 0 bridgehead atoms. The molecule has 0 fully saturated rings. The second-order valence-electron chi connectivity index (χ2n) is 9.18. The molecule has 0 radical (unpaired) electrons. The van der Waals surface area contributed by atoms with Crippen molar-refractivity contribution < 1.29 is 34.0 Å². The average molecular weight is 493 g/mol. The topological polar surface area (TPSA) is 149 Å². The van der Waals surface area contributed by atoms with E-state index in [0.717, 1.165) is 16.5 Å². The fraction of sp³-hybridized carbons (Fsp3) is 0.360. The molecule has 3 aliphatic rings. The average Bonchev–Trinajstić information content (AvgIpc) is 3.47. The van der Waals surface area contributed by atoms with Crippen LogP contribution in [0.25, 0.3) is 22.3 Å². The molecule has 3 aromatic rings. The van der Waals surface area contributed by atoms with E-state index >= 15 is 0 Å². The number of carbonyl (C=O) groups excluding carboxylic acids is 1. The van der Waals surface area contributed by atoms with Gasteiger partial charge in [-0.15, -0.1) is 0 Å². The van der Waals surface area contributed by atoms with Crippen molar-refractivity contribution in [3.8, 4) is 22.9 Å². The predicted molar refractivity (Wildman–Crippen MR) is 125 cm³/mol. The van der Waals surface area contributed by atoms with E-state index in [9.17, 15) is 24.6 Å². The van der Waals surface area contributed by atoms with E-state index in [1.165, 1.54) is 0 Å². The fourth-order valence-electron chi connectivity index (χ4n) is 5.10. The summed E-state index contributed by atoms with van der Waals surface area (Å²) >= 11 is 0. The van der Waals surface area contributed by atoms with Gasteiger partial charge in [0.25, 0.3) is 5.56 Å². The quantitative estimate of drug-likeness (QED) is 0.348. The third kappa shape index (κ3) is 3.06. The summed E-state index contributed by atoms with van der Waals surface area (Å²) in [7, 11) is 0. The van der Waals surface area contributed by atoms with E-state index < -0.39 is 23.6 Å². The molecular weight excluding hydrogens is 470 g/mol. The third-order valence-corrected chi connectivity index (χ3v) is 7.26. The summed E-state index contributed by atoms with van der Waals surface area (Å²) in [5.41, 5.74) is 1.30. The van der Waals surface area contributed by atoms with Crippen molar-refractivity contribution in [3.05, 3.63) is 50.8 Å². The Labute approximate surface area is 204 Å². The number of pyridine rings is 2. The molecule has 1 aromatic carbocycles. The van der Waals surface area contributed by atoms with Crippen molar-refractivity contribution in [2.45, 2.75) is 51.6 Å². The van der Waals surface area contributed by atoms with Crippen LogP contribution in [0, 0.1) is 0 Å². The molecule has 3 N–H and O–H groups in total. The Balaban J connectivity index is 1.59. The third-order valence-electron chi connectivity index (χ3n) is 7.26. The van der Waals surface area contributed by atoms with Gasteiger partial charge in [-0.2, -0.15) is 0 Å². The van der Waals surface area contributed by atoms with Gasteiger partial charge in [-0.05, 0) is 31.0 Å². The molecule has 2 aromatic heterocycles. The normalized spacial score (nSPS) is 20.0. The zero-order valence-electron chi connectivity index (χ0n) is 19.6. The van der Waals surface area contributed by atoms with Gasteiger partial charge >= 0.3 is 11.9 Å². The molecule has 36 heavy (non-hydrogen) atoms. The van der Waals surface area contributed by atoms with E-state index in [0.29, 0.717) is 28.4 Å². The van der Waals surface area contributed by atoms with Crippen LogP contribution in [0.5, 0.6) is 11.5 Å². The van der Waals surface area contributed by atoms with Crippen LogP contribution in [0.2, 0.25) is 0 Å². The van der Waals surface area contributed by atoms with Crippen LogP contribution >= 0.6 is 0 Å². The second-order valence-corrected chi connectivity index (χ2v) is 9.18. The lowest BCUT2D eigenvalue weighted by Gasteiger charge is -2.31. The molecule has 5 heterocycles. The molecule has 2 atom stereocenters. The number of fused-ring (bicyclic) bond motifs is 6. The van der Waals surface area contributed by atoms with E-state index in [4.69, 9.17) is 19.2 Å². The number of nitrogens with one attached hydrogen (secondary N) is 1. The van der Waals surface area contributed by atoms with Crippen molar-refractivity contribution in [2.75, 3.05) is 6.79 Å². The molecule has 11 nitrogen and oxygen atoms in total. The van der Waals surface area contributed by atoms with Gasteiger partial charge in [0.05, 0.1) is 29.0 Å². The molecule has 0 amide bonds. The summed E-state index contributed by atoms with van der Waals surface area (Å²) in [5, 5.41) is 24.2. The predicted octanol–water partition coefficient (Wildman–Crippen LogP) is 1.37. The first-order valence-corrected chi connectivity index (χ1v) is 11.6. The van der Waals surface area contributed by atoms with Crippen molar-refractivity contribution >= 4 is 22.8 Å². The highest BCUT2D eigenvalue weighted by molar-refractivity contribution is 5.91. The summed E-state index contributed by atoms with van der Waals surface area (Å²) in [6, 6.07) is 4.41. The van der Waals surface area contributed by atoms with Gasteiger partial charge in [-0.3, -0.25) is 9.59 Å². The zero-order valence-corrected chi connectivity index (χ0v) is 19.6. The summed E-state index contributed by atoms with van der Waals surface area (Å²) in [6.07, 6.45) is 0.0471. The van der Waals surface area contributed by atoms with E-state index in [-0.39, 0.29) is 49.6 Å². The molecular formula is C25H23N3O8. The number of nitrogens with zero attached hydrogens (tertiary/aromatic N) is 2. The van der Waals surface area contributed by atoms with Gasteiger partial charge in [-0.25, -0.2) is 9.78 Å². The summed E-state index contributed by atoms with van der Waals surface area (Å²) < 4.78 is 17.7. The van der Waals surface area contributed by atoms with Crippen molar-refractivity contribution in [2.24, 2.45) is 0 Å². The van der Waals surface area contributed by atoms with Gasteiger partial charge in [0.15, 0.2) is 17.1 Å². The smallest absolute Gasteiger partial charge is 0.343 e. The number of carboxylic acids is 1. The monoisotopic (exact) mass is 493 g/mol. The van der Waals surface area contributed by atoms with Gasteiger partial charge in [0.1, 0.15) is 12.6 Å². The fourth-order valence-corrected chi connectivity index (χ4v) is 5.10. The van der Waals surface area contributed by atoms with Gasteiger partial charge < -0.3 is 34.3 Å². The number of rotatable bonds is 5. The highest BCUT2D eigenvalue weighted by Gasteiger charge is 2.45. The van der Waals surface area contributed by atoms with E-state index in [2.05, 4.69) is 5.32 Å². The molecule has 11 heteroatoms. The number of hydrogen-bond donors (Lipinski definition) is 3. The molecule has 186 valence electrons. The number of esters is 1. The van der Waals surface area contributed by atoms with Crippen molar-refractivity contribution in [1.29, 1.82) is 0 Å². The number of aliphatic carboxylic acids is 1. The minimum absolute atomic E-state index is 0.0471. The standard InChI is InChI=1S/C25H23N3O8/c1-3-25(33)16-5-18-21-14(8-28(18)22(29)15(16)9-34-24(25)32)13(7-26-11(2)23(30)31)12-4-19-20(36-10-35-19)6-17(12)27-21/h4-6,11,26,33H,3,7-10H2,1-2H3,(H,30,31)/t11?,25-/m0/s1. The van der Waals surface area contributed by atoms with Crippen LogP contribution in [-0.4, -0.2) is 44.5 Å². The summed E-state index contributed by atoms with van der Waals surface area (Å²) in [5.74, 6) is -0.676. The van der Waals surface area contributed by atoms with Crippen LogP contribution in [-0.2, 0) is 39.6 Å². The lowest BCUT2D eigenvalue weighted by molar-refractivity contribution is -0.172. The van der Waals surface area contributed by atoms with Crippen LogP contribution < -0.4 is 20.3 Å². The minimum atomic E-state index is -1.92. The van der Waals surface area contributed by atoms with Crippen LogP contribution in [0.1, 0.15) is 42.5 Å². The zero-order chi connectivity index (χ0) is 25.4. The number of ether oxygens (including phenoxy) is 3. The first-order chi connectivity index (χ1) is 17.2. The first-order valence-electron chi connectivity index (χ1n) is 11.6. The van der Waals surface area contributed by atoms with Crippen LogP contribution in [0.15, 0.2) is 23.0 Å². The highest BCUT2D eigenvalue weighted by Crippen LogP contribution is 2.43. The summed E-state index contributed by atoms with van der Waals surface area (Å²) in [4.78, 5) is 42.2. The van der Waals surface area contributed by atoms with E-state index in [1.807, 2.05) is 6.07 Å². The highest BCUT2D eigenvalue weighted by atomic mass is 16.7. The lowest BCUT2D eigenvalue weighted by atomic mass is 9.86. The molecule has 0 saturated heterocycles. The maximum Gasteiger partial charge on any atom is 0.343 e. The van der Waals surface area contributed by atoms with Crippen LogP contribution in [0.3, 0.4) is 0 Å². The molecule has 0 aliphatic carbocycles. The first kappa shape index (κ1) is 22.5. The van der Waals surface area contributed by atoms with E-state index in [1.54, 1.807) is 30.5 Å². The minimum Gasteiger partial charge on any atom is -0.480 e. The molecule has 0 spiro atoms. The molecule has 0 saturated carbocycles. The number of carbonyl (C=O) groups is 2. The lowest BCUT2D eigenvalue weighted by Crippen LogP contribution is -2.44. The Bertz CT molecular complexity index is 1550.